The molecule has 1 aliphatic rings. The first-order valence-electron chi connectivity index (χ1n) is 8.31. The molecule has 1 aliphatic heterocycles. The average Bonchev–Trinajstić information content (AvgIpc) is 2.95. The zero-order valence-electron chi connectivity index (χ0n) is 14.7. The van der Waals surface area contributed by atoms with Gasteiger partial charge < -0.3 is 4.74 Å². The predicted molar refractivity (Wildman–Crippen MR) is 114 cm³/mol. The minimum absolute atomic E-state index is 0.0331. The summed E-state index contributed by atoms with van der Waals surface area (Å²) in [6, 6.07) is 13.5. The maximum absolute atomic E-state index is 12.5. The van der Waals surface area contributed by atoms with Crippen LogP contribution in [0, 0.1) is 10.1 Å². The number of carbonyl (C=O) groups is 1. The number of thioether (sulfide) groups is 1. The van der Waals surface area contributed by atoms with Crippen LogP contribution in [0.5, 0.6) is 5.75 Å². The molecule has 0 spiro atoms. The Bertz CT molecular complexity index is 970. The topological polar surface area (TPSA) is 72.7 Å². The average molecular weight is 412 g/mol. The molecule has 3 rings (SSSR count). The molecule has 0 unspecified atom stereocenters. The van der Waals surface area contributed by atoms with E-state index in [-0.39, 0.29) is 18.2 Å². The highest BCUT2D eigenvalue weighted by atomic mass is 32.2. The molecular formula is C20H16N2O4S2. The second-order valence-corrected chi connectivity index (χ2v) is 7.51. The lowest BCUT2D eigenvalue weighted by atomic mass is 10.1. The van der Waals surface area contributed by atoms with Crippen molar-refractivity contribution in [3.8, 4) is 5.75 Å². The van der Waals surface area contributed by atoms with Crippen LogP contribution in [0.25, 0.3) is 6.08 Å². The second kappa shape index (κ2) is 8.81. The van der Waals surface area contributed by atoms with E-state index < -0.39 is 4.92 Å². The van der Waals surface area contributed by atoms with Crippen LogP contribution in [0.1, 0.15) is 11.1 Å². The Balaban J connectivity index is 1.76. The van der Waals surface area contributed by atoms with E-state index in [9.17, 15) is 14.9 Å². The van der Waals surface area contributed by atoms with Gasteiger partial charge in [-0.05, 0) is 29.8 Å². The van der Waals surface area contributed by atoms with Gasteiger partial charge in [0.2, 0.25) is 0 Å². The van der Waals surface area contributed by atoms with Crippen molar-refractivity contribution in [2.45, 2.75) is 6.61 Å². The highest BCUT2D eigenvalue weighted by molar-refractivity contribution is 8.26. The lowest BCUT2D eigenvalue weighted by Crippen LogP contribution is -2.27. The SMILES string of the molecule is C=CCN1C(=O)/C(=C\c2ccccc2OCc2ccc([N+](=O)[O-])cc2)SC1=S. The molecule has 0 atom stereocenters. The third-order valence-corrected chi connectivity index (χ3v) is 5.31. The van der Waals surface area contributed by atoms with E-state index in [2.05, 4.69) is 6.58 Å². The number of nitro groups is 1. The largest absolute Gasteiger partial charge is 0.488 e. The van der Waals surface area contributed by atoms with Gasteiger partial charge in [-0.1, -0.05) is 48.3 Å². The number of hydrogen-bond donors (Lipinski definition) is 0. The highest BCUT2D eigenvalue weighted by Gasteiger charge is 2.31. The first kappa shape index (κ1) is 19.8. The standard InChI is InChI=1S/C20H16N2O4S2/c1-2-11-21-19(23)18(28-20(21)27)12-15-5-3-4-6-17(15)26-13-14-7-9-16(10-8-14)22(24)25/h2-10,12H,1,11,13H2/b18-12+. The lowest BCUT2D eigenvalue weighted by Gasteiger charge is -2.11. The van der Waals surface area contributed by atoms with Crippen LogP contribution in [-0.4, -0.2) is 26.6 Å². The van der Waals surface area contributed by atoms with E-state index in [0.29, 0.717) is 21.5 Å². The van der Waals surface area contributed by atoms with Gasteiger partial charge in [-0.15, -0.1) is 6.58 Å². The van der Waals surface area contributed by atoms with E-state index in [1.54, 1.807) is 24.3 Å². The van der Waals surface area contributed by atoms with Gasteiger partial charge in [0.05, 0.1) is 9.83 Å². The first-order chi connectivity index (χ1) is 13.5. The zero-order valence-corrected chi connectivity index (χ0v) is 16.4. The number of hydrogen-bond acceptors (Lipinski definition) is 6. The summed E-state index contributed by atoms with van der Waals surface area (Å²) in [6.07, 6.45) is 3.39. The molecule has 28 heavy (non-hydrogen) atoms. The predicted octanol–water partition coefficient (Wildman–Crippen LogP) is 4.56. The normalized spacial score (nSPS) is 15.1. The number of nitro benzene ring substituents is 1. The Hall–Kier alpha value is -2.97. The molecule has 1 saturated heterocycles. The fraction of sp³-hybridized carbons (Fsp3) is 0.100. The molecule has 1 fully saturated rings. The number of amides is 1. The summed E-state index contributed by atoms with van der Waals surface area (Å²) in [5, 5.41) is 10.7. The number of non-ortho nitro benzene ring substituents is 1. The van der Waals surface area contributed by atoms with Gasteiger partial charge in [-0.2, -0.15) is 0 Å². The van der Waals surface area contributed by atoms with Crippen molar-refractivity contribution < 1.29 is 14.5 Å². The summed E-state index contributed by atoms with van der Waals surface area (Å²) in [5.41, 5.74) is 1.59. The van der Waals surface area contributed by atoms with Gasteiger partial charge >= 0.3 is 0 Å². The van der Waals surface area contributed by atoms with Crippen LogP contribution < -0.4 is 4.74 Å². The summed E-state index contributed by atoms with van der Waals surface area (Å²) < 4.78 is 6.37. The number of rotatable bonds is 7. The van der Waals surface area contributed by atoms with Gasteiger partial charge in [0.15, 0.2) is 0 Å². The van der Waals surface area contributed by atoms with Crippen LogP contribution in [0.15, 0.2) is 66.1 Å². The van der Waals surface area contributed by atoms with E-state index in [4.69, 9.17) is 17.0 Å². The molecule has 2 aromatic rings. The maximum Gasteiger partial charge on any atom is 0.269 e. The number of benzene rings is 2. The molecule has 8 heteroatoms. The number of para-hydroxylation sites is 1. The van der Waals surface area contributed by atoms with Crippen molar-refractivity contribution in [2.75, 3.05) is 6.54 Å². The third-order valence-electron chi connectivity index (χ3n) is 3.93. The molecule has 142 valence electrons. The van der Waals surface area contributed by atoms with Crippen molar-refractivity contribution in [3.63, 3.8) is 0 Å². The lowest BCUT2D eigenvalue weighted by molar-refractivity contribution is -0.384. The van der Waals surface area contributed by atoms with E-state index in [1.165, 1.54) is 28.8 Å². The summed E-state index contributed by atoms with van der Waals surface area (Å²) in [5.74, 6) is 0.454. The van der Waals surface area contributed by atoms with Crippen molar-refractivity contribution in [1.82, 2.24) is 4.90 Å². The molecular weight excluding hydrogens is 396 g/mol. The van der Waals surface area contributed by atoms with Crippen molar-refractivity contribution in [1.29, 1.82) is 0 Å². The smallest absolute Gasteiger partial charge is 0.269 e. The number of thiocarbonyl (C=S) groups is 1. The molecule has 2 aromatic carbocycles. The number of carbonyl (C=O) groups excluding carboxylic acids is 1. The van der Waals surface area contributed by atoms with Gasteiger partial charge in [0.25, 0.3) is 11.6 Å². The van der Waals surface area contributed by atoms with E-state index in [1.807, 2.05) is 24.3 Å². The second-order valence-electron chi connectivity index (χ2n) is 5.83. The van der Waals surface area contributed by atoms with Crippen LogP contribution >= 0.6 is 24.0 Å². The summed E-state index contributed by atoms with van der Waals surface area (Å²) in [6.45, 7) is 4.27. The molecule has 6 nitrogen and oxygen atoms in total. The summed E-state index contributed by atoms with van der Waals surface area (Å²) in [7, 11) is 0. The van der Waals surface area contributed by atoms with E-state index >= 15 is 0 Å². The first-order valence-corrected chi connectivity index (χ1v) is 9.53. The molecule has 1 amide bonds. The Morgan fingerprint density at radius 3 is 2.61 bits per heavy atom. The summed E-state index contributed by atoms with van der Waals surface area (Å²) >= 11 is 6.50. The number of nitrogens with zero attached hydrogens (tertiary/aromatic N) is 2. The fourth-order valence-corrected chi connectivity index (χ4v) is 3.80. The zero-order chi connectivity index (χ0) is 20.1. The molecule has 0 radical (unpaired) electrons. The Morgan fingerprint density at radius 2 is 1.93 bits per heavy atom. The van der Waals surface area contributed by atoms with Crippen molar-refractivity contribution in [2.24, 2.45) is 0 Å². The summed E-state index contributed by atoms with van der Waals surface area (Å²) in [4.78, 5) is 24.8. The molecule has 0 saturated carbocycles. The molecule has 0 N–H and O–H groups in total. The minimum Gasteiger partial charge on any atom is -0.488 e. The van der Waals surface area contributed by atoms with Gasteiger partial charge in [-0.25, -0.2) is 0 Å². The van der Waals surface area contributed by atoms with Gasteiger partial charge in [0.1, 0.15) is 16.7 Å². The monoisotopic (exact) mass is 412 g/mol. The van der Waals surface area contributed by atoms with Crippen LogP contribution in [-0.2, 0) is 11.4 Å². The Kier molecular flexibility index (Phi) is 6.23. The minimum atomic E-state index is -0.442. The molecule has 0 bridgehead atoms. The van der Waals surface area contributed by atoms with Crippen LogP contribution in [0.3, 0.4) is 0 Å². The van der Waals surface area contributed by atoms with E-state index in [0.717, 1.165) is 11.1 Å². The van der Waals surface area contributed by atoms with Crippen molar-refractivity contribution >= 4 is 46.0 Å². The Morgan fingerprint density at radius 1 is 1.21 bits per heavy atom. The maximum atomic E-state index is 12.5. The molecule has 0 aromatic heterocycles. The Labute approximate surface area is 171 Å². The number of ether oxygens (including phenoxy) is 1. The van der Waals surface area contributed by atoms with Gasteiger partial charge in [0, 0.05) is 24.2 Å². The quantitative estimate of drug-likeness (QED) is 0.218. The van der Waals surface area contributed by atoms with Crippen LogP contribution in [0.4, 0.5) is 5.69 Å². The van der Waals surface area contributed by atoms with Crippen molar-refractivity contribution in [3.05, 3.63) is 87.3 Å². The van der Waals surface area contributed by atoms with Crippen LogP contribution in [0.2, 0.25) is 0 Å². The third kappa shape index (κ3) is 4.47. The highest BCUT2D eigenvalue weighted by Crippen LogP contribution is 2.34. The molecule has 0 aliphatic carbocycles. The fourth-order valence-electron chi connectivity index (χ4n) is 2.53. The molecule has 1 heterocycles. The van der Waals surface area contributed by atoms with Gasteiger partial charge in [-0.3, -0.25) is 19.8 Å².